The number of allylic oxidation sites excluding steroid dienone is 1. The van der Waals surface area contributed by atoms with Gasteiger partial charge in [0.25, 0.3) is 0 Å². The highest BCUT2D eigenvalue weighted by Gasteiger charge is 2.27. The Labute approximate surface area is 246 Å². The number of likely N-dealkylation sites (N-methyl/N-ethyl adjacent to an activating group) is 1. The van der Waals surface area contributed by atoms with Crippen molar-refractivity contribution in [3.63, 3.8) is 0 Å². The first kappa shape index (κ1) is 39.2. The van der Waals surface area contributed by atoms with E-state index in [0.717, 1.165) is 19.3 Å². The van der Waals surface area contributed by atoms with Crippen LogP contribution in [0.1, 0.15) is 129 Å². The lowest BCUT2D eigenvalue weighted by molar-refractivity contribution is -0.870. The Morgan fingerprint density at radius 1 is 0.825 bits per heavy atom. The van der Waals surface area contributed by atoms with Crippen molar-refractivity contribution in [3.8, 4) is 0 Å². The summed E-state index contributed by atoms with van der Waals surface area (Å²) in [5.41, 5.74) is 0. The molecule has 0 aromatic rings. The standard InChI is InChI=1S/C31H63N2O6P/c1-6-7-8-9-10-11-12-13-14-15-16-17-18-19-20-21-22-23-24-25-31(35)30(32-29(2)34)28-39-40(36,37)38-27-26-33(3,4)5/h24-25,30-31,35H,6-23,26-28H2,1-5H3,(H-,32,34,36,37)/p+1/b25-24+. The van der Waals surface area contributed by atoms with Gasteiger partial charge in [-0.1, -0.05) is 122 Å². The molecule has 3 N–H and O–H groups in total. The summed E-state index contributed by atoms with van der Waals surface area (Å²) >= 11 is 0. The number of phosphoric acid groups is 1. The number of nitrogens with zero attached hydrogens (tertiary/aromatic N) is 1. The molecule has 0 aromatic carbocycles. The molecule has 1 amide bonds. The van der Waals surface area contributed by atoms with Gasteiger partial charge in [0.1, 0.15) is 13.2 Å². The molecule has 0 heterocycles. The van der Waals surface area contributed by atoms with Crippen LogP contribution in [0.2, 0.25) is 0 Å². The van der Waals surface area contributed by atoms with Crippen molar-refractivity contribution in [1.29, 1.82) is 0 Å². The van der Waals surface area contributed by atoms with Crippen molar-refractivity contribution in [3.05, 3.63) is 12.2 Å². The van der Waals surface area contributed by atoms with Crippen molar-refractivity contribution in [1.82, 2.24) is 5.32 Å². The number of carbonyl (C=O) groups excluding carboxylic acids is 1. The van der Waals surface area contributed by atoms with E-state index in [9.17, 15) is 19.4 Å². The molecule has 9 heteroatoms. The average Bonchev–Trinajstić information content (AvgIpc) is 2.86. The zero-order valence-corrected chi connectivity index (χ0v) is 27.5. The molecule has 0 saturated carbocycles. The van der Waals surface area contributed by atoms with Gasteiger partial charge >= 0.3 is 7.82 Å². The van der Waals surface area contributed by atoms with Crippen LogP contribution >= 0.6 is 7.82 Å². The first-order chi connectivity index (χ1) is 19.0. The fraction of sp³-hybridized carbons (Fsp3) is 0.903. The van der Waals surface area contributed by atoms with Crippen LogP contribution in [0.5, 0.6) is 0 Å². The van der Waals surface area contributed by atoms with E-state index in [1.165, 1.54) is 103 Å². The third-order valence-electron chi connectivity index (χ3n) is 7.04. The molecule has 0 saturated heterocycles. The maximum Gasteiger partial charge on any atom is 0.472 e. The third kappa shape index (κ3) is 27.4. The molecule has 0 aromatic heterocycles. The van der Waals surface area contributed by atoms with Crippen LogP contribution in [0.15, 0.2) is 12.2 Å². The molecule has 0 radical (unpaired) electrons. The lowest BCUT2D eigenvalue weighted by Crippen LogP contribution is -2.44. The minimum atomic E-state index is -4.28. The fourth-order valence-electron chi connectivity index (χ4n) is 4.49. The number of quaternary nitrogens is 1. The minimum Gasteiger partial charge on any atom is -0.387 e. The number of rotatable bonds is 28. The highest BCUT2D eigenvalue weighted by Crippen LogP contribution is 2.43. The number of aliphatic hydroxyl groups is 1. The van der Waals surface area contributed by atoms with E-state index in [4.69, 9.17) is 9.05 Å². The lowest BCUT2D eigenvalue weighted by atomic mass is 10.0. The number of nitrogens with one attached hydrogen (secondary N) is 1. The molecular weight excluding hydrogens is 527 g/mol. The van der Waals surface area contributed by atoms with Gasteiger partial charge in [-0.25, -0.2) is 4.57 Å². The van der Waals surface area contributed by atoms with Crippen LogP contribution in [-0.4, -0.2) is 73.4 Å². The fourth-order valence-corrected chi connectivity index (χ4v) is 5.22. The summed E-state index contributed by atoms with van der Waals surface area (Å²) < 4.78 is 22.8. The van der Waals surface area contributed by atoms with Gasteiger partial charge in [-0.15, -0.1) is 0 Å². The first-order valence-corrected chi connectivity index (χ1v) is 17.5. The lowest BCUT2D eigenvalue weighted by Gasteiger charge is -2.25. The topological polar surface area (TPSA) is 105 Å². The van der Waals surface area contributed by atoms with Gasteiger partial charge in [0, 0.05) is 6.92 Å². The molecule has 0 spiro atoms. The number of unbranched alkanes of at least 4 members (excludes halogenated alkanes) is 17. The summed E-state index contributed by atoms with van der Waals surface area (Å²) in [7, 11) is 1.56. The van der Waals surface area contributed by atoms with E-state index in [1.54, 1.807) is 6.08 Å². The van der Waals surface area contributed by atoms with Crippen molar-refractivity contribution >= 4 is 13.7 Å². The monoisotopic (exact) mass is 591 g/mol. The van der Waals surface area contributed by atoms with E-state index >= 15 is 0 Å². The summed E-state index contributed by atoms with van der Waals surface area (Å²) in [4.78, 5) is 21.5. The highest BCUT2D eigenvalue weighted by molar-refractivity contribution is 7.47. The summed E-state index contributed by atoms with van der Waals surface area (Å²) in [5.74, 6) is -0.354. The van der Waals surface area contributed by atoms with Crippen molar-refractivity contribution in [2.24, 2.45) is 0 Å². The van der Waals surface area contributed by atoms with Gasteiger partial charge in [-0.3, -0.25) is 13.8 Å². The molecule has 0 aliphatic heterocycles. The Hall–Kier alpha value is -0.760. The number of hydrogen-bond donors (Lipinski definition) is 3. The average molecular weight is 592 g/mol. The summed E-state index contributed by atoms with van der Waals surface area (Å²) in [6.45, 7) is 3.87. The molecule has 3 unspecified atom stereocenters. The molecule has 3 atom stereocenters. The molecular formula is C31H64N2O6P+. The Morgan fingerprint density at radius 3 is 1.70 bits per heavy atom. The molecule has 40 heavy (non-hydrogen) atoms. The zero-order chi connectivity index (χ0) is 30.1. The van der Waals surface area contributed by atoms with Gasteiger partial charge in [0.05, 0.1) is 39.9 Å². The second-order valence-electron chi connectivity index (χ2n) is 12.3. The van der Waals surface area contributed by atoms with Crippen LogP contribution in [0.25, 0.3) is 0 Å². The zero-order valence-electron chi connectivity index (χ0n) is 26.6. The third-order valence-corrected chi connectivity index (χ3v) is 8.03. The maximum atomic E-state index is 12.1. The van der Waals surface area contributed by atoms with Gasteiger partial charge < -0.3 is 19.8 Å². The second kappa shape index (κ2) is 24.8. The van der Waals surface area contributed by atoms with Crippen LogP contribution in [0.4, 0.5) is 0 Å². The van der Waals surface area contributed by atoms with E-state index in [0.29, 0.717) is 11.0 Å². The quantitative estimate of drug-likeness (QED) is 0.0382. The van der Waals surface area contributed by atoms with Crippen molar-refractivity contribution < 1.29 is 32.9 Å². The van der Waals surface area contributed by atoms with Gasteiger partial charge in [0.2, 0.25) is 5.91 Å². The van der Waals surface area contributed by atoms with Crippen molar-refractivity contribution in [2.75, 3.05) is 40.9 Å². The molecule has 0 fully saturated rings. The number of carbonyl (C=O) groups is 1. The second-order valence-corrected chi connectivity index (χ2v) is 13.7. The van der Waals surface area contributed by atoms with E-state index in [-0.39, 0.29) is 19.1 Å². The van der Waals surface area contributed by atoms with Gasteiger partial charge in [-0.05, 0) is 12.8 Å². The first-order valence-electron chi connectivity index (χ1n) is 16.0. The number of hydrogen-bond acceptors (Lipinski definition) is 5. The van der Waals surface area contributed by atoms with Gasteiger partial charge in [-0.2, -0.15) is 0 Å². The Kier molecular flexibility index (Phi) is 24.3. The van der Waals surface area contributed by atoms with E-state index in [1.807, 2.05) is 27.2 Å². The van der Waals surface area contributed by atoms with Crippen LogP contribution in [-0.2, 0) is 18.4 Å². The summed E-state index contributed by atoms with van der Waals surface area (Å²) in [6.07, 6.45) is 26.1. The van der Waals surface area contributed by atoms with Crippen LogP contribution in [0, 0.1) is 0 Å². The molecule has 0 bridgehead atoms. The van der Waals surface area contributed by atoms with Crippen LogP contribution in [0.3, 0.4) is 0 Å². The number of aliphatic hydroxyl groups excluding tert-OH is 1. The van der Waals surface area contributed by atoms with Crippen molar-refractivity contribution in [2.45, 2.75) is 142 Å². The summed E-state index contributed by atoms with van der Waals surface area (Å²) in [6, 6.07) is -0.841. The minimum absolute atomic E-state index is 0.0594. The predicted octanol–water partition coefficient (Wildman–Crippen LogP) is 7.29. The summed E-state index contributed by atoms with van der Waals surface area (Å²) in [5, 5.41) is 13.1. The van der Waals surface area contributed by atoms with Gasteiger partial charge in [0.15, 0.2) is 0 Å². The smallest absolute Gasteiger partial charge is 0.387 e. The largest absolute Gasteiger partial charge is 0.472 e. The molecule has 0 aliphatic carbocycles. The highest BCUT2D eigenvalue weighted by atomic mass is 31.2. The van der Waals surface area contributed by atoms with Crippen LogP contribution < -0.4 is 5.32 Å². The number of amides is 1. The van der Waals surface area contributed by atoms with E-state index in [2.05, 4.69) is 12.2 Å². The number of phosphoric ester groups is 1. The normalized spacial score (nSPS) is 15.3. The molecule has 0 aliphatic rings. The Bertz CT molecular complexity index is 683. The molecule has 0 rings (SSSR count). The maximum absolute atomic E-state index is 12.1. The Balaban J connectivity index is 3.90. The Morgan fingerprint density at radius 2 is 1.27 bits per heavy atom. The molecule has 8 nitrogen and oxygen atoms in total. The predicted molar refractivity (Wildman–Crippen MR) is 166 cm³/mol. The van der Waals surface area contributed by atoms with E-state index < -0.39 is 20.0 Å². The molecule has 238 valence electrons. The SMILES string of the molecule is CCCCCCCCCCCCCCCCCCC/C=C/C(O)C(COP(=O)(O)OCC[N+](C)(C)C)NC(C)=O.